The van der Waals surface area contributed by atoms with E-state index in [0.29, 0.717) is 37.5 Å². The Morgan fingerprint density at radius 1 is 1.41 bits per heavy atom. The second-order valence-corrected chi connectivity index (χ2v) is 8.88. The van der Waals surface area contributed by atoms with Gasteiger partial charge < -0.3 is 19.7 Å². The maximum Gasteiger partial charge on any atom is 0.259 e. The van der Waals surface area contributed by atoms with Gasteiger partial charge in [0.25, 0.3) is 5.91 Å². The molecule has 2 amide bonds. The van der Waals surface area contributed by atoms with Gasteiger partial charge in [0.2, 0.25) is 11.8 Å². The van der Waals surface area contributed by atoms with Crippen LogP contribution in [0.5, 0.6) is 5.88 Å². The number of carbonyl (C=O) groups is 2. The van der Waals surface area contributed by atoms with E-state index < -0.39 is 0 Å². The van der Waals surface area contributed by atoms with Crippen LogP contribution in [0.2, 0.25) is 0 Å². The van der Waals surface area contributed by atoms with E-state index in [9.17, 15) is 9.59 Å². The van der Waals surface area contributed by atoms with Crippen LogP contribution in [-0.2, 0) is 22.4 Å². The number of ether oxygens (including phenoxy) is 2. The van der Waals surface area contributed by atoms with Gasteiger partial charge in [-0.25, -0.2) is 4.98 Å². The molecule has 29 heavy (non-hydrogen) atoms. The molecule has 4 aliphatic rings. The molecular formula is C22H29N3O4. The van der Waals surface area contributed by atoms with Crippen molar-refractivity contribution in [3.8, 4) is 5.88 Å². The lowest BCUT2D eigenvalue weighted by Gasteiger charge is -2.29. The molecule has 156 valence electrons. The van der Waals surface area contributed by atoms with E-state index in [4.69, 9.17) is 9.47 Å². The normalized spacial score (nSPS) is 31.7. The summed E-state index contributed by atoms with van der Waals surface area (Å²) in [6.07, 6.45) is 5.70. The largest absolute Gasteiger partial charge is 0.480 e. The molecule has 3 fully saturated rings. The average Bonchev–Trinajstić information content (AvgIpc) is 3.49. The molecule has 5 rings (SSSR count). The third-order valence-corrected chi connectivity index (χ3v) is 7.37. The lowest BCUT2D eigenvalue weighted by molar-refractivity contribution is -0.121. The minimum Gasteiger partial charge on any atom is -0.480 e. The average molecular weight is 399 g/mol. The summed E-state index contributed by atoms with van der Waals surface area (Å²) in [5, 5.41) is 3.04. The third kappa shape index (κ3) is 2.93. The first-order valence-corrected chi connectivity index (χ1v) is 10.8. The molecule has 1 aromatic rings. The van der Waals surface area contributed by atoms with Gasteiger partial charge in [0.1, 0.15) is 5.56 Å². The number of aryl methyl sites for hydroxylation is 2. The first-order valence-electron chi connectivity index (χ1n) is 10.8. The van der Waals surface area contributed by atoms with Gasteiger partial charge in [-0.1, -0.05) is 6.92 Å². The van der Waals surface area contributed by atoms with Crippen molar-refractivity contribution in [1.29, 1.82) is 0 Å². The maximum atomic E-state index is 13.4. The molecule has 0 aromatic carbocycles. The van der Waals surface area contributed by atoms with E-state index in [1.807, 2.05) is 17.9 Å². The number of likely N-dealkylation sites (tertiary alicyclic amines) is 1. The number of rotatable bonds is 5. The van der Waals surface area contributed by atoms with Gasteiger partial charge in [0, 0.05) is 37.0 Å². The Morgan fingerprint density at radius 3 is 3.07 bits per heavy atom. The summed E-state index contributed by atoms with van der Waals surface area (Å²) in [4.78, 5) is 31.7. The predicted octanol–water partition coefficient (Wildman–Crippen LogP) is 1.72. The smallest absolute Gasteiger partial charge is 0.259 e. The van der Waals surface area contributed by atoms with E-state index in [1.54, 1.807) is 7.11 Å². The highest BCUT2D eigenvalue weighted by molar-refractivity contribution is 5.97. The van der Waals surface area contributed by atoms with Gasteiger partial charge in [-0.15, -0.1) is 0 Å². The highest BCUT2D eigenvalue weighted by Crippen LogP contribution is 2.54. The van der Waals surface area contributed by atoms with E-state index in [0.717, 1.165) is 37.8 Å². The molecule has 4 heterocycles. The van der Waals surface area contributed by atoms with E-state index >= 15 is 0 Å². The fraction of sp³-hybridized carbons (Fsp3) is 0.682. The Labute approximate surface area is 171 Å². The minimum atomic E-state index is -0.251. The van der Waals surface area contributed by atoms with Crippen LogP contribution in [0.25, 0.3) is 0 Å². The Balaban J connectivity index is 1.36. The van der Waals surface area contributed by atoms with Crippen molar-refractivity contribution in [3.05, 3.63) is 22.9 Å². The van der Waals surface area contributed by atoms with Crippen LogP contribution in [0.1, 0.15) is 54.2 Å². The van der Waals surface area contributed by atoms with Crippen molar-refractivity contribution in [2.24, 2.45) is 11.8 Å². The number of hydrogen-bond donors (Lipinski definition) is 1. The van der Waals surface area contributed by atoms with Crippen molar-refractivity contribution >= 4 is 11.8 Å². The second-order valence-electron chi connectivity index (χ2n) is 8.88. The zero-order chi connectivity index (χ0) is 20.2. The number of nitrogens with one attached hydrogen (secondary N) is 1. The zero-order valence-corrected chi connectivity index (χ0v) is 17.2. The van der Waals surface area contributed by atoms with Crippen LogP contribution in [-0.4, -0.2) is 60.1 Å². The van der Waals surface area contributed by atoms with Crippen LogP contribution in [0.4, 0.5) is 0 Å². The van der Waals surface area contributed by atoms with Crippen LogP contribution in [0, 0.1) is 11.8 Å². The Morgan fingerprint density at radius 2 is 2.28 bits per heavy atom. The fourth-order valence-electron chi connectivity index (χ4n) is 5.91. The van der Waals surface area contributed by atoms with Gasteiger partial charge in [-0.05, 0) is 43.7 Å². The van der Waals surface area contributed by atoms with Crippen molar-refractivity contribution < 1.29 is 19.1 Å². The number of pyridine rings is 1. The molecular weight excluding hydrogens is 370 g/mol. The lowest BCUT2D eigenvalue weighted by Crippen LogP contribution is -2.41. The van der Waals surface area contributed by atoms with E-state index in [1.165, 1.54) is 5.56 Å². The number of nitrogens with zero attached hydrogens (tertiary/aromatic N) is 2. The van der Waals surface area contributed by atoms with Crippen molar-refractivity contribution in [2.75, 3.05) is 26.7 Å². The summed E-state index contributed by atoms with van der Waals surface area (Å²) in [7, 11) is 1.58. The summed E-state index contributed by atoms with van der Waals surface area (Å²) < 4.78 is 11.9. The summed E-state index contributed by atoms with van der Waals surface area (Å²) in [5.41, 5.74) is 2.54. The molecule has 7 heteroatoms. The molecule has 2 bridgehead atoms. The standard InChI is InChI=1S/C22H29N3O4/c1-3-19(26)23-10-15-16-11-25(12-22(16)8-7-18(15)29-22)21(27)14-9-13-5-4-6-17(13)24-20(14)28-2/h9,15-16,18H,3-8,10-12H2,1-2H3,(H,23,26)/t15-,16+,18+,22+/m0/s1. The molecule has 4 atom stereocenters. The Hall–Kier alpha value is -2.15. The maximum absolute atomic E-state index is 13.4. The van der Waals surface area contributed by atoms with Crippen LogP contribution >= 0.6 is 0 Å². The monoisotopic (exact) mass is 399 g/mol. The topological polar surface area (TPSA) is 80.8 Å². The quantitative estimate of drug-likeness (QED) is 0.816. The molecule has 0 unspecified atom stereocenters. The molecule has 7 nitrogen and oxygen atoms in total. The van der Waals surface area contributed by atoms with E-state index in [2.05, 4.69) is 10.3 Å². The SMILES string of the molecule is CCC(=O)NC[C@H]1[C@H]2CN(C(=O)c3cc4c(nc3OC)CCC4)C[C@]23CC[C@H]1O3. The van der Waals surface area contributed by atoms with Gasteiger partial charge in [-0.3, -0.25) is 9.59 Å². The number of aromatic nitrogens is 1. The predicted molar refractivity (Wildman–Crippen MR) is 106 cm³/mol. The number of hydrogen-bond acceptors (Lipinski definition) is 5. The minimum absolute atomic E-state index is 0.0174. The highest BCUT2D eigenvalue weighted by Gasteiger charge is 2.63. The van der Waals surface area contributed by atoms with Gasteiger partial charge in [0.05, 0.1) is 25.4 Å². The zero-order valence-electron chi connectivity index (χ0n) is 17.2. The molecule has 3 aliphatic heterocycles. The molecule has 1 aromatic heterocycles. The lowest BCUT2D eigenvalue weighted by atomic mass is 9.73. The van der Waals surface area contributed by atoms with E-state index in [-0.39, 0.29) is 35.4 Å². The fourth-order valence-corrected chi connectivity index (χ4v) is 5.91. The molecule has 1 N–H and O–H groups in total. The molecule has 1 aliphatic carbocycles. The second kappa shape index (κ2) is 6.97. The van der Waals surface area contributed by atoms with Crippen molar-refractivity contribution in [3.63, 3.8) is 0 Å². The number of fused-ring (bicyclic) bond motifs is 2. The van der Waals surface area contributed by atoms with Crippen LogP contribution in [0.15, 0.2) is 6.07 Å². The van der Waals surface area contributed by atoms with Crippen molar-refractivity contribution in [2.45, 2.75) is 57.2 Å². The molecule has 3 saturated heterocycles. The summed E-state index contributed by atoms with van der Waals surface area (Å²) in [6, 6.07) is 1.99. The molecule has 0 radical (unpaired) electrons. The molecule has 1 spiro atoms. The van der Waals surface area contributed by atoms with Gasteiger partial charge in [-0.2, -0.15) is 0 Å². The van der Waals surface area contributed by atoms with Crippen molar-refractivity contribution in [1.82, 2.24) is 15.2 Å². The van der Waals surface area contributed by atoms with Gasteiger partial charge in [0.15, 0.2) is 0 Å². The Bertz CT molecular complexity index is 857. The Kier molecular flexibility index (Phi) is 4.53. The van der Waals surface area contributed by atoms with Gasteiger partial charge >= 0.3 is 0 Å². The summed E-state index contributed by atoms with van der Waals surface area (Å²) >= 11 is 0. The summed E-state index contributed by atoms with van der Waals surface area (Å²) in [5.74, 6) is 1.04. The molecule has 0 saturated carbocycles. The van der Waals surface area contributed by atoms with Crippen LogP contribution in [0.3, 0.4) is 0 Å². The number of methoxy groups -OCH3 is 1. The first-order chi connectivity index (χ1) is 14.0. The summed E-state index contributed by atoms with van der Waals surface area (Å²) in [6.45, 7) is 3.78. The number of amides is 2. The third-order valence-electron chi connectivity index (χ3n) is 7.37. The van der Waals surface area contributed by atoms with Crippen LogP contribution < -0.4 is 10.1 Å². The highest BCUT2D eigenvalue weighted by atomic mass is 16.5. The number of carbonyl (C=O) groups excluding carboxylic acids is 2. The first kappa shape index (κ1) is 18.9.